The van der Waals surface area contributed by atoms with E-state index in [4.69, 9.17) is 4.74 Å². The van der Waals surface area contributed by atoms with E-state index in [0.29, 0.717) is 19.4 Å². The van der Waals surface area contributed by atoms with Gasteiger partial charge in [-0.25, -0.2) is 0 Å². The molecule has 2 atom stereocenters. The number of esters is 1. The summed E-state index contributed by atoms with van der Waals surface area (Å²) in [6, 6.07) is -0.630. The lowest BCUT2D eigenvalue weighted by atomic mass is 10.0. The maximum Gasteiger partial charge on any atom is 0.305 e. The van der Waals surface area contributed by atoms with Crippen molar-refractivity contribution in [2.45, 2.75) is 437 Å². The van der Waals surface area contributed by atoms with Crippen LogP contribution in [0, 0.1) is 0 Å². The maximum atomic E-state index is 12.6. The normalized spacial score (nSPS) is 12.7. The molecule has 2 unspecified atom stereocenters. The fraction of sp³-hybridized carbons (Fsp3) is 0.897. The molecule has 0 aliphatic heterocycles. The highest BCUT2D eigenvalue weighted by atomic mass is 16.5. The van der Waals surface area contributed by atoms with Gasteiger partial charge in [0.1, 0.15) is 0 Å². The van der Waals surface area contributed by atoms with Crippen LogP contribution in [0.3, 0.4) is 0 Å². The molecule has 0 radical (unpaired) electrons. The molecule has 0 spiro atoms. The van der Waals surface area contributed by atoms with Crippen molar-refractivity contribution in [3.8, 4) is 0 Å². The minimum atomic E-state index is -0.846. The third-order valence-electron chi connectivity index (χ3n) is 17.9. The predicted molar refractivity (Wildman–Crippen MR) is 370 cm³/mol. The first-order valence-corrected chi connectivity index (χ1v) is 38.3. The summed E-state index contributed by atoms with van der Waals surface area (Å²) in [6.07, 6.45) is 95.3. The standard InChI is InChI=1S/C78H149NO5/c1-3-5-7-9-11-13-15-17-19-21-23-24-25-26-28-31-35-38-42-46-50-54-58-62-66-70-76(81)75(74-80)79-77(82)71-67-63-59-55-51-47-43-39-36-32-29-27-30-33-37-41-45-49-53-57-61-65-69-73-84-78(83)72-68-64-60-56-52-48-44-40-34-22-20-18-16-14-12-10-8-6-4-2/h12,14,18,20,66,70,75-76,80-81H,3-11,13,15-17,19,21-65,67-69,71-74H2,1-2H3,(H,79,82)/b14-12-,20-18-,70-66+. The Morgan fingerprint density at radius 2 is 0.595 bits per heavy atom. The van der Waals surface area contributed by atoms with Gasteiger partial charge >= 0.3 is 5.97 Å². The number of ether oxygens (including phenoxy) is 1. The number of carbonyl (C=O) groups is 2. The van der Waals surface area contributed by atoms with E-state index in [1.807, 2.05) is 6.08 Å². The van der Waals surface area contributed by atoms with Crippen LogP contribution in [0.4, 0.5) is 0 Å². The Bertz CT molecular complexity index is 1360. The molecule has 0 rings (SSSR count). The molecule has 6 nitrogen and oxygen atoms in total. The minimum Gasteiger partial charge on any atom is -0.466 e. The number of amides is 1. The van der Waals surface area contributed by atoms with Crippen LogP contribution in [0.5, 0.6) is 0 Å². The van der Waals surface area contributed by atoms with Gasteiger partial charge in [0, 0.05) is 12.8 Å². The first-order valence-electron chi connectivity index (χ1n) is 38.3. The molecule has 0 bridgehead atoms. The monoisotopic (exact) mass is 1180 g/mol. The molecule has 3 N–H and O–H groups in total. The fourth-order valence-corrected chi connectivity index (χ4v) is 12.1. The third-order valence-corrected chi connectivity index (χ3v) is 17.9. The first-order chi connectivity index (χ1) is 41.5. The fourth-order valence-electron chi connectivity index (χ4n) is 12.1. The number of allylic oxidation sites excluding steroid dienone is 5. The summed E-state index contributed by atoms with van der Waals surface area (Å²) in [5.74, 6) is -0.0517. The lowest BCUT2D eigenvalue weighted by molar-refractivity contribution is -0.143. The zero-order chi connectivity index (χ0) is 60.6. The quantitative estimate of drug-likeness (QED) is 0.0320. The highest BCUT2D eigenvalue weighted by molar-refractivity contribution is 5.76. The van der Waals surface area contributed by atoms with Crippen molar-refractivity contribution in [1.82, 2.24) is 5.32 Å². The number of rotatable bonds is 72. The van der Waals surface area contributed by atoms with Gasteiger partial charge in [0.15, 0.2) is 0 Å². The number of hydrogen-bond acceptors (Lipinski definition) is 5. The van der Waals surface area contributed by atoms with Gasteiger partial charge in [0.05, 0.1) is 25.4 Å². The van der Waals surface area contributed by atoms with Crippen LogP contribution >= 0.6 is 0 Å². The van der Waals surface area contributed by atoms with Gasteiger partial charge in [0.2, 0.25) is 5.91 Å². The van der Waals surface area contributed by atoms with Crippen LogP contribution < -0.4 is 5.32 Å². The van der Waals surface area contributed by atoms with E-state index >= 15 is 0 Å². The van der Waals surface area contributed by atoms with Crippen molar-refractivity contribution < 1.29 is 24.5 Å². The maximum absolute atomic E-state index is 12.6. The number of carbonyl (C=O) groups excluding carboxylic acids is 2. The molecule has 0 saturated carbocycles. The Balaban J connectivity index is 3.39. The van der Waals surface area contributed by atoms with Crippen LogP contribution in [-0.4, -0.2) is 47.4 Å². The Hall–Kier alpha value is -1.92. The van der Waals surface area contributed by atoms with Gasteiger partial charge < -0.3 is 20.3 Å². The van der Waals surface area contributed by atoms with E-state index in [-0.39, 0.29) is 18.5 Å². The van der Waals surface area contributed by atoms with E-state index in [1.54, 1.807) is 6.08 Å². The van der Waals surface area contributed by atoms with Gasteiger partial charge in [-0.3, -0.25) is 9.59 Å². The van der Waals surface area contributed by atoms with Crippen LogP contribution in [0.1, 0.15) is 425 Å². The Kier molecular flexibility index (Phi) is 71.9. The summed E-state index contributed by atoms with van der Waals surface area (Å²) >= 11 is 0. The van der Waals surface area contributed by atoms with Crippen molar-refractivity contribution in [2.75, 3.05) is 13.2 Å². The van der Waals surface area contributed by atoms with Crippen LogP contribution in [0.2, 0.25) is 0 Å². The molecule has 0 aliphatic carbocycles. The number of unbranched alkanes of at least 4 members (excludes halogenated alkanes) is 57. The Morgan fingerprint density at radius 1 is 0.333 bits per heavy atom. The SMILES string of the molecule is CCCCC/C=C\C/C=C\CCCCCCCCCCCC(=O)OCCCCCCCCCCCCCCCCCCCCCCCCCC(=O)NC(CO)C(O)/C=C/CCCCCCCCCCCCCCCCCCCCCCCCC. The van der Waals surface area contributed by atoms with Crippen molar-refractivity contribution in [2.24, 2.45) is 0 Å². The van der Waals surface area contributed by atoms with Crippen LogP contribution in [-0.2, 0) is 14.3 Å². The zero-order valence-electron chi connectivity index (χ0n) is 56.9. The van der Waals surface area contributed by atoms with Crippen molar-refractivity contribution >= 4 is 11.9 Å². The molecule has 0 saturated heterocycles. The van der Waals surface area contributed by atoms with Gasteiger partial charge in [0.25, 0.3) is 0 Å². The van der Waals surface area contributed by atoms with Gasteiger partial charge in [-0.1, -0.05) is 384 Å². The molecule has 0 aromatic rings. The first kappa shape index (κ1) is 82.1. The molecule has 0 aliphatic rings. The number of hydrogen-bond donors (Lipinski definition) is 3. The molecule has 6 heteroatoms. The number of aliphatic hydroxyl groups excluding tert-OH is 2. The summed E-state index contributed by atoms with van der Waals surface area (Å²) in [5, 5.41) is 23.3. The molecular weight excluding hydrogens is 1030 g/mol. The highest BCUT2D eigenvalue weighted by Crippen LogP contribution is 2.19. The van der Waals surface area contributed by atoms with E-state index in [2.05, 4.69) is 43.5 Å². The van der Waals surface area contributed by atoms with Crippen LogP contribution in [0.25, 0.3) is 0 Å². The van der Waals surface area contributed by atoms with Gasteiger partial charge in [-0.05, 0) is 64.2 Å². The average molecular weight is 1180 g/mol. The average Bonchev–Trinajstić information content (AvgIpc) is 3.51. The summed E-state index contributed by atoms with van der Waals surface area (Å²) in [6.45, 7) is 4.92. The molecule has 0 fully saturated rings. The van der Waals surface area contributed by atoms with E-state index in [0.717, 1.165) is 51.4 Å². The second-order valence-corrected chi connectivity index (χ2v) is 26.3. The number of nitrogens with one attached hydrogen (secondary N) is 1. The van der Waals surface area contributed by atoms with E-state index in [9.17, 15) is 19.8 Å². The van der Waals surface area contributed by atoms with Gasteiger partial charge in [-0.2, -0.15) is 0 Å². The zero-order valence-corrected chi connectivity index (χ0v) is 56.9. The largest absolute Gasteiger partial charge is 0.466 e. The van der Waals surface area contributed by atoms with Crippen molar-refractivity contribution in [3.05, 3.63) is 36.5 Å². The molecular formula is C78H149NO5. The summed E-state index contributed by atoms with van der Waals surface area (Å²) in [7, 11) is 0. The minimum absolute atomic E-state index is 0.0111. The van der Waals surface area contributed by atoms with Gasteiger partial charge in [-0.15, -0.1) is 0 Å². The number of aliphatic hydroxyl groups is 2. The topological polar surface area (TPSA) is 95.9 Å². The van der Waals surface area contributed by atoms with Crippen LogP contribution in [0.15, 0.2) is 36.5 Å². The molecule has 0 aromatic heterocycles. The third kappa shape index (κ3) is 69.2. The van der Waals surface area contributed by atoms with Crippen molar-refractivity contribution in [3.63, 3.8) is 0 Å². The molecule has 1 amide bonds. The van der Waals surface area contributed by atoms with E-state index in [1.165, 1.54) is 347 Å². The van der Waals surface area contributed by atoms with Crippen molar-refractivity contribution in [1.29, 1.82) is 0 Å². The second-order valence-electron chi connectivity index (χ2n) is 26.3. The highest BCUT2D eigenvalue weighted by Gasteiger charge is 2.18. The molecule has 84 heavy (non-hydrogen) atoms. The smallest absolute Gasteiger partial charge is 0.305 e. The lowest BCUT2D eigenvalue weighted by Gasteiger charge is -2.20. The Labute approximate surface area is 525 Å². The Morgan fingerprint density at radius 3 is 0.929 bits per heavy atom. The summed E-state index contributed by atoms with van der Waals surface area (Å²) < 4.78 is 5.51. The summed E-state index contributed by atoms with van der Waals surface area (Å²) in [5.41, 5.74) is 0. The van der Waals surface area contributed by atoms with E-state index < -0.39 is 12.1 Å². The molecule has 0 aromatic carbocycles. The summed E-state index contributed by atoms with van der Waals surface area (Å²) in [4.78, 5) is 24.7. The lowest BCUT2D eigenvalue weighted by Crippen LogP contribution is -2.45. The molecule has 496 valence electrons. The predicted octanol–water partition coefficient (Wildman–Crippen LogP) is 25.0. The second kappa shape index (κ2) is 73.5. The molecule has 0 heterocycles.